The summed E-state index contributed by atoms with van der Waals surface area (Å²) in [6, 6.07) is 27.0. The third-order valence-corrected chi connectivity index (χ3v) is 5.87. The van der Waals surface area contributed by atoms with Gasteiger partial charge in [0.1, 0.15) is 0 Å². The first kappa shape index (κ1) is 18.6. The summed E-state index contributed by atoms with van der Waals surface area (Å²) >= 11 is 1.54. The van der Waals surface area contributed by atoms with Gasteiger partial charge in [0.15, 0.2) is 0 Å². The van der Waals surface area contributed by atoms with E-state index in [4.69, 9.17) is 0 Å². The van der Waals surface area contributed by atoms with E-state index >= 15 is 0 Å². The molecule has 1 heterocycles. The Morgan fingerprint density at radius 3 is 2.43 bits per heavy atom. The largest absolute Gasteiger partial charge is 0.330 e. The molecular formula is C25H23NOS. The molecule has 140 valence electrons. The molecule has 4 rings (SSSR count). The van der Waals surface area contributed by atoms with Gasteiger partial charge in [0.2, 0.25) is 0 Å². The molecule has 0 aliphatic carbocycles. The molecule has 0 N–H and O–H groups in total. The molecule has 0 spiro atoms. The second-order valence-corrected chi connectivity index (χ2v) is 7.90. The summed E-state index contributed by atoms with van der Waals surface area (Å²) in [7, 11) is 0. The lowest BCUT2D eigenvalue weighted by atomic mass is 9.93. The van der Waals surface area contributed by atoms with Gasteiger partial charge in [-0.25, -0.2) is 0 Å². The van der Waals surface area contributed by atoms with E-state index in [9.17, 15) is 4.79 Å². The predicted octanol–water partition coefficient (Wildman–Crippen LogP) is 5.66. The van der Waals surface area contributed by atoms with Crippen molar-refractivity contribution >= 4 is 23.2 Å². The highest BCUT2D eigenvalue weighted by molar-refractivity contribution is 8.03. The number of benzene rings is 3. The predicted molar refractivity (Wildman–Crippen MR) is 118 cm³/mol. The van der Waals surface area contributed by atoms with Crippen molar-refractivity contribution in [2.24, 2.45) is 0 Å². The molecule has 0 unspecified atom stereocenters. The Balaban J connectivity index is 1.88. The topological polar surface area (TPSA) is 20.3 Å². The van der Waals surface area contributed by atoms with Crippen LogP contribution in [0.3, 0.4) is 0 Å². The standard InChI is InChI=1S/C25H23NOS/c1-18-9-8-13-20(15-18)23-22-14-7-6-12-21(22)17-26(25(27)24(23)28-2)16-19-10-4-3-5-11-19/h3-15H,16-17H2,1-2H3. The lowest BCUT2D eigenvalue weighted by molar-refractivity contribution is -0.127. The minimum atomic E-state index is 0.101. The van der Waals surface area contributed by atoms with Crippen LogP contribution in [0.4, 0.5) is 0 Å². The van der Waals surface area contributed by atoms with Crippen molar-refractivity contribution in [1.29, 1.82) is 0 Å². The number of hydrogen-bond acceptors (Lipinski definition) is 2. The van der Waals surface area contributed by atoms with Gasteiger partial charge >= 0.3 is 0 Å². The van der Waals surface area contributed by atoms with Crippen molar-refractivity contribution < 1.29 is 4.79 Å². The molecule has 0 bridgehead atoms. The monoisotopic (exact) mass is 385 g/mol. The van der Waals surface area contributed by atoms with Crippen LogP contribution in [0.1, 0.15) is 27.8 Å². The quantitative estimate of drug-likeness (QED) is 0.577. The summed E-state index contributed by atoms with van der Waals surface area (Å²) in [5.74, 6) is 0.101. The highest BCUT2D eigenvalue weighted by Crippen LogP contribution is 2.38. The molecule has 0 fully saturated rings. The van der Waals surface area contributed by atoms with Crippen molar-refractivity contribution in [2.45, 2.75) is 20.0 Å². The Bertz CT molecular complexity index is 1040. The fourth-order valence-corrected chi connectivity index (χ4v) is 4.50. The first-order valence-electron chi connectivity index (χ1n) is 9.44. The minimum Gasteiger partial charge on any atom is -0.330 e. The highest BCUT2D eigenvalue weighted by Gasteiger charge is 2.28. The molecule has 1 aliphatic rings. The third-order valence-electron chi connectivity index (χ3n) is 5.08. The summed E-state index contributed by atoms with van der Waals surface area (Å²) in [6.07, 6.45) is 2.00. The SMILES string of the molecule is CSC1=C(c2cccc(C)c2)c2ccccc2CN(Cc2ccccc2)C1=O. The Morgan fingerprint density at radius 2 is 1.68 bits per heavy atom. The zero-order chi connectivity index (χ0) is 19.5. The number of carbonyl (C=O) groups excluding carboxylic acids is 1. The summed E-state index contributed by atoms with van der Waals surface area (Å²) in [5.41, 5.74) is 6.83. The Labute approximate surface area is 170 Å². The highest BCUT2D eigenvalue weighted by atomic mass is 32.2. The fourth-order valence-electron chi connectivity index (χ4n) is 3.76. The van der Waals surface area contributed by atoms with E-state index in [1.54, 1.807) is 11.8 Å². The van der Waals surface area contributed by atoms with E-state index in [0.29, 0.717) is 13.1 Å². The number of hydrogen-bond donors (Lipinski definition) is 0. The number of nitrogens with zero attached hydrogens (tertiary/aromatic N) is 1. The third kappa shape index (κ3) is 3.63. The van der Waals surface area contributed by atoms with Gasteiger partial charge in [0.05, 0.1) is 4.91 Å². The van der Waals surface area contributed by atoms with E-state index in [1.807, 2.05) is 29.4 Å². The van der Waals surface area contributed by atoms with Crippen LogP contribution >= 0.6 is 11.8 Å². The summed E-state index contributed by atoms with van der Waals surface area (Å²) in [4.78, 5) is 16.3. The number of carbonyl (C=O) groups is 1. The zero-order valence-corrected chi connectivity index (χ0v) is 17.0. The lowest BCUT2D eigenvalue weighted by Crippen LogP contribution is -2.29. The van der Waals surface area contributed by atoms with Crippen LogP contribution < -0.4 is 0 Å². The maximum absolute atomic E-state index is 13.6. The molecule has 3 heteroatoms. The van der Waals surface area contributed by atoms with Crippen LogP contribution in [0, 0.1) is 6.92 Å². The summed E-state index contributed by atoms with van der Waals surface area (Å²) in [6.45, 7) is 3.32. The van der Waals surface area contributed by atoms with Gasteiger partial charge in [-0.15, -0.1) is 11.8 Å². The van der Waals surface area contributed by atoms with E-state index in [2.05, 4.69) is 67.6 Å². The molecule has 0 saturated heterocycles. The molecule has 0 saturated carbocycles. The second kappa shape index (κ2) is 8.07. The summed E-state index contributed by atoms with van der Waals surface area (Å²) in [5, 5.41) is 0. The van der Waals surface area contributed by atoms with Crippen molar-refractivity contribution in [1.82, 2.24) is 4.90 Å². The van der Waals surface area contributed by atoms with Crippen LogP contribution in [-0.2, 0) is 17.9 Å². The average Bonchev–Trinajstić information content (AvgIpc) is 2.83. The number of thioether (sulfide) groups is 1. The van der Waals surface area contributed by atoms with Crippen molar-refractivity contribution in [2.75, 3.05) is 6.26 Å². The molecule has 0 radical (unpaired) electrons. The number of aryl methyl sites for hydroxylation is 1. The van der Waals surface area contributed by atoms with Crippen LogP contribution in [0.25, 0.3) is 5.57 Å². The molecule has 1 amide bonds. The fraction of sp³-hybridized carbons (Fsp3) is 0.160. The zero-order valence-electron chi connectivity index (χ0n) is 16.2. The Morgan fingerprint density at radius 1 is 0.929 bits per heavy atom. The molecular weight excluding hydrogens is 362 g/mol. The number of rotatable bonds is 4. The second-order valence-electron chi connectivity index (χ2n) is 7.08. The average molecular weight is 386 g/mol. The van der Waals surface area contributed by atoms with Gasteiger partial charge in [-0.1, -0.05) is 84.4 Å². The van der Waals surface area contributed by atoms with Gasteiger partial charge in [-0.05, 0) is 35.4 Å². The van der Waals surface area contributed by atoms with Gasteiger partial charge in [0, 0.05) is 18.7 Å². The molecule has 2 nitrogen and oxygen atoms in total. The van der Waals surface area contributed by atoms with E-state index < -0.39 is 0 Å². The molecule has 0 aromatic heterocycles. The molecule has 3 aromatic carbocycles. The first-order valence-corrected chi connectivity index (χ1v) is 10.7. The number of fused-ring (bicyclic) bond motifs is 1. The van der Waals surface area contributed by atoms with Crippen molar-refractivity contribution in [3.05, 3.63) is 112 Å². The first-order chi connectivity index (χ1) is 13.7. The van der Waals surface area contributed by atoms with Gasteiger partial charge in [-0.2, -0.15) is 0 Å². The van der Waals surface area contributed by atoms with Crippen LogP contribution in [0.15, 0.2) is 83.8 Å². The van der Waals surface area contributed by atoms with Crippen LogP contribution in [0.5, 0.6) is 0 Å². The molecule has 1 aliphatic heterocycles. The number of amides is 1. The van der Waals surface area contributed by atoms with Crippen molar-refractivity contribution in [3.8, 4) is 0 Å². The Hall–Kier alpha value is -2.78. The molecule has 28 heavy (non-hydrogen) atoms. The smallest absolute Gasteiger partial charge is 0.261 e. The normalized spacial score (nSPS) is 14.1. The lowest BCUT2D eigenvalue weighted by Gasteiger charge is -2.22. The van der Waals surface area contributed by atoms with Gasteiger partial charge in [0.25, 0.3) is 5.91 Å². The summed E-state index contributed by atoms with van der Waals surface area (Å²) < 4.78 is 0. The Kier molecular flexibility index (Phi) is 5.36. The van der Waals surface area contributed by atoms with Crippen LogP contribution in [0.2, 0.25) is 0 Å². The van der Waals surface area contributed by atoms with Gasteiger partial charge < -0.3 is 4.90 Å². The maximum atomic E-state index is 13.6. The van der Waals surface area contributed by atoms with E-state index in [1.165, 1.54) is 11.1 Å². The van der Waals surface area contributed by atoms with Gasteiger partial charge in [-0.3, -0.25) is 4.79 Å². The molecule has 0 atom stereocenters. The molecule has 3 aromatic rings. The van der Waals surface area contributed by atoms with E-state index in [-0.39, 0.29) is 5.91 Å². The maximum Gasteiger partial charge on any atom is 0.261 e. The van der Waals surface area contributed by atoms with Crippen molar-refractivity contribution in [3.63, 3.8) is 0 Å². The van der Waals surface area contributed by atoms with E-state index in [0.717, 1.165) is 27.2 Å². The van der Waals surface area contributed by atoms with Crippen LogP contribution in [-0.4, -0.2) is 17.1 Å². The minimum absolute atomic E-state index is 0.101.